The minimum absolute atomic E-state index is 0.136. The van der Waals surface area contributed by atoms with Gasteiger partial charge in [0.1, 0.15) is 6.54 Å². The van der Waals surface area contributed by atoms with Gasteiger partial charge in [0, 0.05) is 13.7 Å². The van der Waals surface area contributed by atoms with E-state index in [1.54, 1.807) is 12.4 Å². The fraction of sp³-hybridized carbons (Fsp3) is 0.667. The Morgan fingerprint density at radius 1 is 1.45 bits per heavy atom. The normalized spacial score (nSPS) is 11.4. The largest absolute Gasteiger partial charge is 0.405 e. The molecule has 1 heterocycles. The smallest absolute Gasteiger partial charge is 0.383 e. The number of aromatic nitrogens is 2. The van der Waals surface area contributed by atoms with Crippen LogP contribution in [0.5, 0.6) is 0 Å². The molecule has 0 aliphatic carbocycles. The first-order valence-electron chi connectivity index (χ1n) is 5.43. The lowest BCUT2D eigenvalue weighted by Crippen LogP contribution is -2.34. The summed E-state index contributed by atoms with van der Waals surface area (Å²) in [5.74, 6) is -0.834. The van der Waals surface area contributed by atoms with Gasteiger partial charge in [0.05, 0.1) is 12.4 Å². The molecular weight excluding hydrogens is 317 g/mol. The van der Waals surface area contributed by atoms with E-state index in [4.69, 9.17) is 4.74 Å². The first-order valence-corrected chi connectivity index (χ1v) is 7.23. The van der Waals surface area contributed by atoms with Crippen molar-refractivity contribution in [2.24, 2.45) is 0 Å². The van der Waals surface area contributed by atoms with Crippen LogP contribution in [0, 0.1) is 0 Å². The number of methoxy groups -OCH3 is 1. The molecule has 0 radical (unpaired) electrons. The van der Waals surface area contributed by atoms with Crippen LogP contribution in [0.4, 0.5) is 18.3 Å². The fourth-order valence-electron chi connectivity index (χ4n) is 0.977. The molecule has 0 saturated carbocycles. The van der Waals surface area contributed by atoms with Crippen molar-refractivity contribution in [1.29, 1.82) is 0 Å². The molecule has 1 amide bonds. The van der Waals surface area contributed by atoms with Gasteiger partial charge in [-0.15, -0.1) is 10.2 Å². The molecule has 0 saturated heterocycles. The number of nitrogens with zero attached hydrogens (tertiary/aromatic N) is 2. The summed E-state index contributed by atoms with van der Waals surface area (Å²) < 4.78 is 41.0. The molecule has 1 rings (SSSR count). The second-order valence-corrected chi connectivity index (χ2v) is 5.67. The third-order valence-electron chi connectivity index (χ3n) is 1.80. The van der Waals surface area contributed by atoms with Crippen molar-refractivity contribution < 1.29 is 22.7 Å². The molecule has 1 aromatic rings. The van der Waals surface area contributed by atoms with Gasteiger partial charge in [-0.2, -0.15) is 13.2 Å². The van der Waals surface area contributed by atoms with Crippen LogP contribution < -0.4 is 10.6 Å². The Balaban J connectivity index is 2.26. The lowest BCUT2D eigenvalue weighted by Gasteiger charge is -2.07. The van der Waals surface area contributed by atoms with Crippen LogP contribution in [-0.4, -0.2) is 54.8 Å². The molecule has 0 aliphatic rings. The first kappa shape index (κ1) is 17.0. The van der Waals surface area contributed by atoms with Crippen molar-refractivity contribution in [3.8, 4) is 0 Å². The summed E-state index contributed by atoms with van der Waals surface area (Å²) in [6.07, 6.45) is -4.40. The number of nitrogens with one attached hydrogen (secondary N) is 2. The lowest BCUT2D eigenvalue weighted by atomic mass is 10.6. The van der Waals surface area contributed by atoms with Gasteiger partial charge in [-0.1, -0.05) is 23.1 Å². The number of halogens is 3. The van der Waals surface area contributed by atoms with E-state index >= 15 is 0 Å². The number of thioether (sulfide) groups is 1. The zero-order valence-corrected chi connectivity index (χ0v) is 12.1. The van der Waals surface area contributed by atoms with Gasteiger partial charge in [-0.25, -0.2) is 0 Å². The highest BCUT2D eigenvalue weighted by Gasteiger charge is 2.27. The molecule has 114 valence electrons. The van der Waals surface area contributed by atoms with E-state index in [2.05, 4.69) is 15.5 Å². The number of rotatable bonds is 8. The van der Waals surface area contributed by atoms with Gasteiger partial charge in [0.25, 0.3) is 0 Å². The second kappa shape index (κ2) is 8.27. The summed E-state index contributed by atoms with van der Waals surface area (Å²) in [5.41, 5.74) is 0. The van der Waals surface area contributed by atoms with Crippen LogP contribution in [0.15, 0.2) is 4.34 Å². The molecule has 1 aromatic heterocycles. The Labute approximate surface area is 121 Å². The van der Waals surface area contributed by atoms with Gasteiger partial charge < -0.3 is 15.4 Å². The number of ether oxygens (including phenoxy) is 1. The molecule has 0 spiro atoms. The molecule has 0 atom stereocenters. The number of carbonyl (C=O) groups excluding carboxylic acids is 1. The standard InChI is InChI=1S/C9H13F3N4O2S2/c1-18-3-2-13-7-15-16-8(20-7)19-4-6(17)14-5-9(10,11)12/h2-5H2,1H3,(H,13,15)(H,14,17). The Morgan fingerprint density at radius 2 is 2.20 bits per heavy atom. The molecule has 20 heavy (non-hydrogen) atoms. The number of hydrogen-bond donors (Lipinski definition) is 2. The molecule has 0 bridgehead atoms. The van der Waals surface area contributed by atoms with Crippen LogP contribution >= 0.6 is 23.1 Å². The topological polar surface area (TPSA) is 76.1 Å². The Kier molecular flexibility index (Phi) is 7.02. The second-order valence-electron chi connectivity index (χ2n) is 3.47. The maximum Gasteiger partial charge on any atom is 0.405 e. The highest BCUT2D eigenvalue weighted by molar-refractivity contribution is 8.01. The predicted octanol–water partition coefficient (Wildman–Crippen LogP) is 1.37. The average molecular weight is 330 g/mol. The van der Waals surface area contributed by atoms with E-state index in [9.17, 15) is 18.0 Å². The van der Waals surface area contributed by atoms with E-state index in [0.29, 0.717) is 22.6 Å². The Bertz CT molecular complexity index is 428. The summed E-state index contributed by atoms with van der Waals surface area (Å²) in [5, 5.41) is 12.9. The molecular formula is C9H13F3N4O2S2. The summed E-state index contributed by atoms with van der Waals surface area (Å²) in [6.45, 7) is -0.240. The van der Waals surface area contributed by atoms with E-state index in [1.165, 1.54) is 11.3 Å². The van der Waals surface area contributed by atoms with Gasteiger partial charge in [-0.05, 0) is 0 Å². The third-order valence-corrected chi connectivity index (χ3v) is 3.82. The highest BCUT2D eigenvalue weighted by Crippen LogP contribution is 2.25. The molecule has 2 N–H and O–H groups in total. The highest BCUT2D eigenvalue weighted by atomic mass is 32.2. The predicted molar refractivity (Wildman–Crippen MR) is 70.1 cm³/mol. The maximum atomic E-state index is 11.9. The van der Waals surface area contributed by atoms with Gasteiger partial charge in [-0.3, -0.25) is 4.79 Å². The van der Waals surface area contributed by atoms with Crippen LogP contribution in [0.2, 0.25) is 0 Å². The molecule has 6 nitrogen and oxygen atoms in total. The van der Waals surface area contributed by atoms with Gasteiger partial charge in [0.2, 0.25) is 11.0 Å². The van der Waals surface area contributed by atoms with Crippen molar-refractivity contribution in [1.82, 2.24) is 15.5 Å². The van der Waals surface area contributed by atoms with Crippen molar-refractivity contribution in [2.45, 2.75) is 10.5 Å². The summed E-state index contributed by atoms with van der Waals surface area (Å²) in [4.78, 5) is 11.2. The van der Waals surface area contributed by atoms with Crippen LogP contribution in [-0.2, 0) is 9.53 Å². The summed E-state index contributed by atoms with van der Waals surface area (Å²) in [7, 11) is 1.57. The zero-order valence-electron chi connectivity index (χ0n) is 10.5. The summed E-state index contributed by atoms with van der Waals surface area (Å²) in [6, 6.07) is 0. The number of carbonyl (C=O) groups is 1. The minimum Gasteiger partial charge on any atom is -0.383 e. The molecule has 0 aliphatic heterocycles. The minimum atomic E-state index is -4.40. The fourth-order valence-corrected chi connectivity index (χ4v) is 2.58. The van der Waals surface area contributed by atoms with Crippen molar-refractivity contribution in [3.63, 3.8) is 0 Å². The monoisotopic (exact) mass is 330 g/mol. The molecule has 0 fully saturated rings. The molecule has 0 aromatic carbocycles. The van der Waals surface area contributed by atoms with E-state index < -0.39 is 18.6 Å². The lowest BCUT2D eigenvalue weighted by molar-refractivity contribution is -0.136. The van der Waals surface area contributed by atoms with Crippen molar-refractivity contribution in [3.05, 3.63) is 0 Å². The van der Waals surface area contributed by atoms with Crippen molar-refractivity contribution in [2.75, 3.05) is 37.9 Å². The Morgan fingerprint density at radius 3 is 2.85 bits per heavy atom. The van der Waals surface area contributed by atoms with Gasteiger partial charge >= 0.3 is 6.18 Å². The van der Waals surface area contributed by atoms with Gasteiger partial charge in [0.15, 0.2) is 4.34 Å². The SMILES string of the molecule is COCCNc1nnc(SCC(=O)NCC(F)(F)F)s1. The number of hydrogen-bond acceptors (Lipinski definition) is 7. The Hall–Kier alpha value is -1.07. The van der Waals surface area contributed by atoms with Crippen molar-refractivity contribution >= 4 is 34.1 Å². The quantitative estimate of drug-likeness (QED) is 0.554. The average Bonchev–Trinajstić information content (AvgIpc) is 2.81. The third kappa shape index (κ3) is 7.50. The zero-order chi connectivity index (χ0) is 15.0. The van der Waals surface area contributed by atoms with Crippen LogP contribution in [0.1, 0.15) is 0 Å². The van der Waals surface area contributed by atoms with E-state index in [-0.39, 0.29) is 5.75 Å². The molecule has 0 unspecified atom stereocenters. The molecule has 11 heteroatoms. The summed E-state index contributed by atoms with van der Waals surface area (Å²) >= 11 is 2.25. The van der Waals surface area contributed by atoms with Crippen LogP contribution in [0.25, 0.3) is 0 Å². The van der Waals surface area contributed by atoms with E-state index in [0.717, 1.165) is 11.8 Å². The van der Waals surface area contributed by atoms with E-state index in [1.807, 2.05) is 0 Å². The van der Waals surface area contributed by atoms with Crippen LogP contribution in [0.3, 0.4) is 0 Å². The first-order chi connectivity index (χ1) is 9.40. The number of alkyl halides is 3. The number of anilines is 1. The number of amides is 1. The maximum absolute atomic E-state index is 11.9.